The topological polar surface area (TPSA) is 57.1 Å². The number of nitrogens with zero attached hydrogens (tertiary/aromatic N) is 2. The van der Waals surface area contributed by atoms with Gasteiger partial charge >= 0.3 is 0 Å². The fraction of sp³-hybridized carbons (Fsp3) is 0.409. The molecule has 3 atom stereocenters. The molecular weight excluding hydrogens is 393 g/mol. The normalized spacial score (nSPS) is 29.0. The fourth-order valence-corrected chi connectivity index (χ4v) is 4.39. The second-order valence-electron chi connectivity index (χ2n) is 7.97. The van der Waals surface area contributed by atoms with Crippen LogP contribution in [-0.4, -0.2) is 34.9 Å². The molecule has 0 bridgehead atoms. The molecule has 0 aromatic heterocycles. The summed E-state index contributed by atoms with van der Waals surface area (Å²) in [5, 5.41) is 13.7. The second-order valence-corrected chi connectivity index (χ2v) is 8.38. The van der Waals surface area contributed by atoms with E-state index in [-0.39, 0.29) is 16.7 Å². The van der Waals surface area contributed by atoms with Crippen molar-refractivity contribution in [3.8, 4) is 0 Å². The number of fused-ring (bicyclic) bond motifs is 1. The predicted octanol–water partition coefficient (Wildman–Crippen LogP) is 4.42. The Hall–Kier alpha value is -2.15. The van der Waals surface area contributed by atoms with Crippen molar-refractivity contribution in [1.82, 2.24) is 10.2 Å². The van der Waals surface area contributed by atoms with Crippen molar-refractivity contribution in [3.05, 3.63) is 69.8 Å². The van der Waals surface area contributed by atoms with Gasteiger partial charge in [0, 0.05) is 24.9 Å². The molecule has 1 aromatic carbocycles. The molecule has 29 heavy (non-hydrogen) atoms. The molecule has 1 fully saturated rings. The number of halogens is 2. The zero-order valence-corrected chi connectivity index (χ0v) is 17.5. The lowest BCUT2D eigenvalue weighted by molar-refractivity contribution is 0.0476. The Balaban J connectivity index is 1.63. The number of nitrogens with one attached hydrogen (secondary N) is 1. The molecular formula is C22H25ClFN3O2. The van der Waals surface area contributed by atoms with E-state index in [1.807, 2.05) is 19.1 Å². The van der Waals surface area contributed by atoms with Crippen LogP contribution in [0.25, 0.3) is 0 Å². The average Bonchev–Trinajstić information content (AvgIpc) is 3.10. The van der Waals surface area contributed by atoms with Crippen LogP contribution in [0, 0.1) is 5.82 Å². The maximum atomic E-state index is 13.6. The number of rotatable bonds is 3. The first-order chi connectivity index (χ1) is 13.8. The predicted molar refractivity (Wildman–Crippen MR) is 112 cm³/mol. The van der Waals surface area contributed by atoms with E-state index in [2.05, 4.69) is 22.1 Å². The van der Waals surface area contributed by atoms with Crippen LogP contribution in [0.4, 0.5) is 4.39 Å². The molecule has 0 radical (unpaired) electrons. The molecule has 2 N–H and O–H groups in total. The van der Waals surface area contributed by atoms with Crippen LogP contribution >= 0.6 is 11.6 Å². The van der Waals surface area contributed by atoms with Crippen LogP contribution in [-0.2, 0) is 4.74 Å². The van der Waals surface area contributed by atoms with Gasteiger partial charge in [0.25, 0.3) is 0 Å². The van der Waals surface area contributed by atoms with Crippen LogP contribution in [0.1, 0.15) is 44.7 Å². The molecule has 7 heteroatoms. The Morgan fingerprint density at radius 3 is 2.90 bits per heavy atom. The van der Waals surface area contributed by atoms with Crippen LogP contribution in [0.5, 0.6) is 0 Å². The van der Waals surface area contributed by atoms with Gasteiger partial charge < -0.3 is 20.1 Å². The molecule has 0 spiro atoms. The number of aliphatic hydroxyl groups is 1. The SMILES string of the molecule is COC1(C)C=CC(NC2=NC(O)C=C3CCC(c4ccc(F)c(Cl)c4)N32)=C(C)C1. The lowest BCUT2D eigenvalue weighted by atomic mass is 9.90. The summed E-state index contributed by atoms with van der Waals surface area (Å²) in [5.41, 5.74) is 3.68. The minimum absolute atomic E-state index is 0.0317. The first-order valence-electron chi connectivity index (χ1n) is 9.71. The van der Waals surface area contributed by atoms with Crippen molar-refractivity contribution in [1.29, 1.82) is 0 Å². The van der Waals surface area contributed by atoms with E-state index in [0.29, 0.717) is 5.96 Å². The largest absolute Gasteiger partial charge is 0.374 e. The van der Waals surface area contributed by atoms with Gasteiger partial charge in [0.1, 0.15) is 5.82 Å². The van der Waals surface area contributed by atoms with E-state index in [4.69, 9.17) is 16.3 Å². The third-order valence-corrected chi connectivity index (χ3v) is 6.13. The van der Waals surface area contributed by atoms with E-state index in [1.54, 1.807) is 25.3 Å². The number of methoxy groups -OCH3 is 1. The third kappa shape index (κ3) is 3.84. The zero-order valence-electron chi connectivity index (χ0n) is 16.7. The molecule has 1 saturated heterocycles. The fourth-order valence-electron chi connectivity index (χ4n) is 4.20. The Bertz CT molecular complexity index is 955. The van der Waals surface area contributed by atoms with E-state index in [1.165, 1.54) is 6.07 Å². The van der Waals surface area contributed by atoms with Gasteiger partial charge in [0.2, 0.25) is 5.96 Å². The van der Waals surface area contributed by atoms with Gasteiger partial charge in [-0.2, -0.15) is 0 Å². The Kier molecular flexibility index (Phi) is 5.27. The third-order valence-electron chi connectivity index (χ3n) is 5.84. The Morgan fingerprint density at radius 2 is 2.21 bits per heavy atom. The van der Waals surface area contributed by atoms with Gasteiger partial charge in [0.15, 0.2) is 6.23 Å². The lowest BCUT2D eigenvalue weighted by Gasteiger charge is -2.35. The number of allylic oxidation sites excluding steroid dienone is 2. The van der Waals surface area contributed by atoms with Crippen LogP contribution in [0.3, 0.4) is 0 Å². The summed E-state index contributed by atoms with van der Waals surface area (Å²) in [7, 11) is 1.71. The van der Waals surface area contributed by atoms with Crippen molar-refractivity contribution in [2.24, 2.45) is 4.99 Å². The molecule has 1 aromatic rings. The minimum Gasteiger partial charge on any atom is -0.374 e. The maximum Gasteiger partial charge on any atom is 0.206 e. The zero-order chi connectivity index (χ0) is 20.8. The Morgan fingerprint density at radius 1 is 1.41 bits per heavy atom. The second kappa shape index (κ2) is 7.59. The van der Waals surface area contributed by atoms with Gasteiger partial charge in [-0.15, -0.1) is 0 Å². The van der Waals surface area contributed by atoms with Crippen LogP contribution in [0.2, 0.25) is 5.02 Å². The highest BCUT2D eigenvalue weighted by Crippen LogP contribution is 2.41. The van der Waals surface area contributed by atoms with Gasteiger partial charge in [-0.25, -0.2) is 9.38 Å². The molecule has 154 valence electrons. The van der Waals surface area contributed by atoms with E-state index in [9.17, 15) is 9.50 Å². The molecule has 0 saturated carbocycles. The average molecular weight is 418 g/mol. The molecule has 1 aliphatic carbocycles. The summed E-state index contributed by atoms with van der Waals surface area (Å²) >= 11 is 6.02. The standard InChI is InChI=1S/C22H25ClFN3O2/c1-13-12-22(2,29-3)9-8-18(13)25-21-26-20(28)11-15-5-7-19(27(15)21)14-4-6-17(24)16(23)10-14/h4,6,8-11,19-20,28H,5,7,12H2,1-3H3,(H,25,26). The summed E-state index contributed by atoms with van der Waals surface area (Å²) in [5.74, 6) is 0.151. The van der Waals surface area contributed by atoms with E-state index < -0.39 is 12.0 Å². The van der Waals surface area contributed by atoms with Crippen molar-refractivity contribution in [2.75, 3.05) is 7.11 Å². The molecule has 2 heterocycles. The van der Waals surface area contributed by atoms with E-state index in [0.717, 1.165) is 41.8 Å². The number of hydrogen-bond acceptors (Lipinski definition) is 5. The summed E-state index contributed by atoms with van der Waals surface area (Å²) in [6.45, 7) is 4.10. The monoisotopic (exact) mass is 417 g/mol. The number of aliphatic hydroxyl groups excluding tert-OH is 1. The summed E-state index contributed by atoms with van der Waals surface area (Å²) in [6, 6.07) is 4.79. The highest BCUT2D eigenvalue weighted by atomic mass is 35.5. The lowest BCUT2D eigenvalue weighted by Crippen LogP contribution is -2.43. The molecule has 3 unspecified atom stereocenters. The van der Waals surface area contributed by atoms with Crippen molar-refractivity contribution in [2.45, 2.75) is 51.0 Å². The summed E-state index contributed by atoms with van der Waals surface area (Å²) in [6.07, 6.45) is 7.28. The highest BCUT2D eigenvalue weighted by molar-refractivity contribution is 6.30. The molecule has 5 nitrogen and oxygen atoms in total. The van der Waals surface area contributed by atoms with Gasteiger partial charge in [-0.05, 0) is 62.1 Å². The highest BCUT2D eigenvalue weighted by Gasteiger charge is 2.36. The molecule has 2 aliphatic heterocycles. The number of benzene rings is 1. The van der Waals surface area contributed by atoms with Crippen molar-refractivity contribution in [3.63, 3.8) is 0 Å². The first kappa shape index (κ1) is 20.1. The number of aliphatic imine (C=N–C) groups is 1. The van der Waals surface area contributed by atoms with Gasteiger partial charge in [0.05, 0.1) is 16.7 Å². The van der Waals surface area contributed by atoms with Gasteiger partial charge in [-0.1, -0.05) is 23.7 Å². The van der Waals surface area contributed by atoms with Crippen LogP contribution in [0.15, 0.2) is 58.4 Å². The Labute approximate surface area is 175 Å². The number of ether oxygens (including phenoxy) is 1. The number of guanidine groups is 1. The minimum atomic E-state index is -0.892. The smallest absolute Gasteiger partial charge is 0.206 e. The quantitative estimate of drug-likeness (QED) is 0.764. The molecule has 4 rings (SSSR count). The van der Waals surface area contributed by atoms with Crippen molar-refractivity contribution >= 4 is 17.6 Å². The van der Waals surface area contributed by atoms with Crippen molar-refractivity contribution < 1.29 is 14.2 Å². The van der Waals surface area contributed by atoms with E-state index >= 15 is 0 Å². The molecule has 3 aliphatic rings. The summed E-state index contributed by atoms with van der Waals surface area (Å²) in [4.78, 5) is 6.51. The first-order valence-corrected chi connectivity index (χ1v) is 10.1. The van der Waals surface area contributed by atoms with Gasteiger partial charge in [-0.3, -0.25) is 0 Å². The maximum absolute atomic E-state index is 13.6. The number of hydrogen-bond donors (Lipinski definition) is 2. The summed E-state index contributed by atoms with van der Waals surface area (Å²) < 4.78 is 19.2. The van der Waals surface area contributed by atoms with Crippen LogP contribution < -0.4 is 5.32 Å². The molecule has 0 amide bonds.